The molecule has 0 N–H and O–H groups in total. The molecule has 0 atom stereocenters. The summed E-state index contributed by atoms with van der Waals surface area (Å²) in [6.07, 6.45) is 5.12. The Morgan fingerprint density at radius 1 is 0.833 bits per heavy atom. The van der Waals surface area contributed by atoms with E-state index in [1.165, 1.54) is 34.7 Å². The molecule has 3 aromatic rings. The van der Waals surface area contributed by atoms with Gasteiger partial charge in [0, 0.05) is 0 Å². The van der Waals surface area contributed by atoms with Gasteiger partial charge in [0.05, 0.1) is 13.2 Å². The summed E-state index contributed by atoms with van der Waals surface area (Å²) in [4.78, 5) is 0. The van der Waals surface area contributed by atoms with Crippen molar-refractivity contribution in [2.24, 2.45) is 0 Å². The van der Waals surface area contributed by atoms with Crippen molar-refractivity contribution in [1.82, 2.24) is 0 Å². The Morgan fingerprint density at radius 2 is 1.62 bits per heavy atom. The van der Waals surface area contributed by atoms with Gasteiger partial charge in [-0.2, -0.15) is 0 Å². The van der Waals surface area contributed by atoms with E-state index < -0.39 is 0 Å². The van der Waals surface area contributed by atoms with Crippen LogP contribution in [0, 0.1) is 0 Å². The van der Waals surface area contributed by atoms with Crippen molar-refractivity contribution >= 4 is 10.8 Å². The molecule has 1 fully saturated rings. The molecule has 0 aromatic heterocycles. The quantitative estimate of drug-likeness (QED) is 0.602. The highest BCUT2D eigenvalue weighted by Gasteiger charge is 2.19. The minimum Gasteiger partial charge on any atom is -0.493 e. The van der Waals surface area contributed by atoms with Crippen LogP contribution in [0.1, 0.15) is 25.7 Å². The van der Waals surface area contributed by atoms with Crippen molar-refractivity contribution in [3.05, 3.63) is 60.7 Å². The van der Waals surface area contributed by atoms with Gasteiger partial charge in [-0.05, 0) is 59.7 Å². The molecule has 122 valence electrons. The van der Waals surface area contributed by atoms with E-state index in [9.17, 15) is 0 Å². The molecule has 0 unspecified atom stereocenters. The smallest absolute Gasteiger partial charge is 0.162 e. The van der Waals surface area contributed by atoms with Crippen LogP contribution in [0.4, 0.5) is 0 Å². The van der Waals surface area contributed by atoms with Crippen molar-refractivity contribution in [3.8, 4) is 22.6 Å². The minimum atomic E-state index is 0.321. The molecule has 1 aliphatic carbocycles. The van der Waals surface area contributed by atoms with Crippen LogP contribution < -0.4 is 9.47 Å². The van der Waals surface area contributed by atoms with Crippen LogP contribution in [0.3, 0.4) is 0 Å². The number of methoxy groups -OCH3 is 1. The molecule has 2 heteroatoms. The van der Waals surface area contributed by atoms with Crippen molar-refractivity contribution < 1.29 is 9.47 Å². The van der Waals surface area contributed by atoms with Crippen LogP contribution in [0.5, 0.6) is 11.5 Å². The van der Waals surface area contributed by atoms with E-state index in [2.05, 4.69) is 54.6 Å². The summed E-state index contributed by atoms with van der Waals surface area (Å²) in [5, 5.41) is 2.51. The first-order chi connectivity index (χ1) is 11.8. The van der Waals surface area contributed by atoms with Gasteiger partial charge in [0.25, 0.3) is 0 Å². The molecular weight excluding hydrogens is 296 g/mol. The van der Waals surface area contributed by atoms with E-state index in [-0.39, 0.29) is 0 Å². The topological polar surface area (TPSA) is 18.5 Å². The third kappa shape index (κ3) is 2.84. The second-order valence-electron chi connectivity index (χ2n) is 6.42. The second kappa shape index (κ2) is 6.56. The number of hydrogen-bond acceptors (Lipinski definition) is 2. The lowest BCUT2D eigenvalue weighted by Crippen LogP contribution is -2.11. The van der Waals surface area contributed by atoms with E-state index in [1.807, 2.05) is 6.07 Å². The molecule has 24 heavy (non-hydrogen) atoms. The van der Waals surface area contributed by atoms with Gasteiger partial charge in [-0.15, -0.1) is 0 Å². The highest BCUT2D eigenvalue weighted by molar-refractivity contribution is 5.96. The molecular formula is C22H22O2. The predicted molar refractivity (Wildman–Crippen MR) is 98.8 cm³/mol. The third-order valence-corrected chi connectivity index (χ3v) is 4.86. The molecule has 0 spiro atoms. The molecule has 1 saturated carbocycles. The highest BCUT2D eigenvalue weighted by Crippen LogP contribution is 2.37. The highest BCUT2D eigenvalue weighted by atomic mass is 16.5. The van der Waals surface area contributed by atoms with Crippen molar-refractivity contribution in [3.63, 3.8) is 0 Å². The fourth-order valence-corrected chi connectivity index (χ4v) is 3.60. The Labute approximate surface area is 143 Å². The predicted octanol–water partition coefficient (Wildman–Crippen LogP) is 5.84. The second-order valence-corrected chi connectivity index (χ2v) is 6.42. The van der Waals surface area contributed by atoms with Gasteiger partial charge >= 0.3 is 0 Å². The van der Waals surface area contributed by atoms with E-state index in [4.69, 9.17) is 9.47 Å². The molecule has 1 aliphatic rings. The van der Waals surface area contributed by atoms with Gasteiger partial charge in [-0.25, -0.2) is 0 Å². The summed E-state index contributed by atoms with van der Waals surface area (Å²) >= 11 is 0. The van der Waals surface area contributed by atoms with Gasteiger partial charge in [0.2, 0.25) is 0 Å². The molecule has 0 radical (unpaired) electrons. The normalized spacial score (nSPS) is 14.9. The summed E-state index contributed by atoms with van der Waals surface area (Å²) in [5.74, 6) is 1.67. The molecule has 4 rings (SSSR count). The first kappa shape index (κ1) is 15.1. The Morgan fingerprint density at radius 3 is 2.46 bits per heavy atom. The number of rotatable bonds is 4. The average Bonchev–Trinajstić information content (AvgIpc) is 3.14. The lowest BCUT2D eigenvalue weighted by Gasteiger charge is -2.17. The summed E-state index contributed by atoms with van der Waals surface area (Å²) in [6, 6.07) is 21.2. The molecule has 2 nitrogen and oxygen atoms in total. The first-order valence-corrected chi connectivity index (χ1v) is 8.68. The molecule has 0 aliphatic heterocycles. The summed E-state index contributed by atoms with van der Waals surface area (Å²) in [5.41, 5.74) is 2.40. The molecule has 0 amide bonds. The monoisotopic (exact) mass is 318 g/mol. The standard InChI is InChI=1S/C22H22O2/c1-23-21-14-13-17(15-22(21)24-18-9-3-4-10-18)20-12-6-8-16-7-2-5-11-19(16)20/h2,5-8,11-15,18H,3-4,9-10H2,1H3. The molecule has 3 aromatic carbocycles. The maximum Gasteiger partial charge on any atom is 0.162 e. The lowest BCUT2D eigenvalue weighted by molar-refractivity contribution is 0.201. The minimum absolute atomic E-state index is 0.321. The number of benzene rings is 3. The summed E-state index contributed by atoms with van der Waals surface area (Å²) in [6.45, 7) is 0. The number of ether oxygens (including phenoxy) is 2. The average molecular weight is 318 g/mol. The van der Waals surface area contributed by atoms with Crippen molar-refractivity contribution in [1.29, 1.82) is 0 Å². The maximum atomic E-state index is 6.25. The zero-order valence-electron chi connectivity index (χ0n) is 14.0. The SMILES string of the molecule is COc1ccc(-c2cccc3ccccc23)cc1OC1CCCC1. The third-order valence-electron chi connectivity index (χ3n) is 4.86. The fourth-order valence-electron chi connectivity index (χ4n) is 3.60. The maximum absolute atomic E-state index is 6.25. The van der Waals surface area contributed by atoms with Gasteiger partial charge in [0.15, 0.2) is 11.5 Å². The number of fused-ring (bicyclic) bond motifs is 1. The summed E-state index contributed by atoms with van der Waals surface area (Å²) in [7, 11) is 1.70. The van der Waals surface area contributed by atoms with E-state index >= 15 is 0 Å². The van der Waals surface area contributed by atoms with Crippen LogP contribution in [-0.4, -0.2) is 13.2 Å². The van der Waals surface area contributed by atoms with Gasteiger partial charge in [-0.3, -0.25) is 0 Å². The van der Waals surface area contributed by atoms with Gasteiger partial charge < -0.3 is 9.47 Å². The first-order valence-electron chi connectivity index (χ1n) is 8.68. The zero-order chi connectivity index (χ0) is 16.4. The Bertz CT molecular complexity index is 842. The Balaban J connectivity index is 1.77. The van der Waals surface area contributed by atoms with Crippen LogP contribution >= 0.6 is 0 Å². The van der Waals surface area contributed by atoms with Crippen LogP contribution in [-0.2, 0) is 0 Å². The largest absolute Gasteiger partial charge is 0.493 e. The zero-order valence-corrected chi connectivity index (χ0v) is 14.0. The Kier molecular flexibility index (Phi) is 4.12. The van der Waals surface area contributed by atoms with Crippen molar-refractivity contribution in [2.75, 3.05) is 7.11 Å². The molecule has 0 bridgehead atoms. The molecule has 0 saturated heterocycles. The Hall–Kier alpha value is -2.48. The van der Waals surface area contributed by atoms with E-state index in [0.29, 0.717) is 6.10 Å². The molecule has 0 heterocycles. The summed E-state index contributed by atoms with van der Waals surface area (Å²) < 4.78 is 11.8. The van der Waals surface area contributed by atoms with Crippen LogP contribution in [0.2, 0.25) is 0 Å². The van der Waals surface area contributed by atoms with Crippen LogP contribution in [0.25, 0.3) is 21.9 Å². The van der Waals surface area contributed by atoms with Gasteiger partial charge in [-0.1, -0.05) is 48.5 Å². The van der Waals surface area contributed by atoms with E-state index in [0.717, 1.165) is 24.3 Å². The van der Waals surface area contributed by atoms with Crippen LogP contribution in [0.15, 0.2) is 60.7 Å². The van der Waals surface area contributed by atoms with Crippen molar-refractivity contribution in [2.45, 2.75) is 31.8 Å². The fraction of sp³-hybridized carbons (Fsp3) is 0.273. The van der Waals surface area contributed by atoms with Gasteiger partial charge in [0.1, 0.15) is 0 Å². The lowest BCUT2D eigenvalue weighted by atomic mass is 9.98. The number of hydrogen-bond donors (Lipinski definition) is 0. The van der Waals surface area contributed by atoms with E-state index in [1.54, 1.807) is 7.11 Å².